The molecule has 1 aromatic carbocycles. The van der Waals surface area contributed by atoms with Crippen LogP contribution in [0.2, 0.25) is 0 Å². The summed E-state index contributed by atoms with van der Waals surface area (Å²) >= 11 is 0. The number of rotatable bonds is 2. The van der Waals surface area contributed by atoms with E-state index in [1.807, 2.05) is 38.1 Å². The SMILES string of the molecule is CCN(C(N)=O)c1ccccc1C. The Hall–Kier alpha value is -1.51. The molecular weight excluding hydrogens is 164 g/mol. The van der Waals surface area contributed by atoms with Crippen molar-refractivity contribution in [1.82, 2.24) is 0 Å². The summed E-state index contributed by atoms with van der Waals surface area (Å²) in [6, 6.07) is 7.28. The van der Waals surface area contributed by atoms with Crippen LogP contribution in [0.5, 0.6) is 0 Å². The molecule has 0 unspecified atom stereocenters. The van der Waals surface area contributed by atoms with Crippen LogP contribution in [0.15, 0.2) is 24.3 Å². The summed E-state index contributed by atoms with van der Waals surface area (Å²) in [4.78, 5) is 12.6. The van der Waals surface area contributed by atoms with Crippen molar-refractivity contribution in [2.24, 2.45) is 5.73 Å². The number of para-hydroxylation sites is 1. The Bertz CT molecular complexity index is 310. The number of carbonyl (C=O) groups is 1. The Kier molecular flexibility index (Phi) is 2.90. The van der Waals surface area contributed by atoms with Crippen molar-refractivity contribution in [1.29, 1.82) is 0 Å². The molecule has 0 bridgehead atoms. The van der Waals surface area contributed by atoms with Crippen LogP contribution < -0.4 is 10.6 Å². The predicted molar refractivity (Wildman–Crippen MR) is 53.8 cm³/mol. The molecule has 0 radical (unpaired) electrons. The van der Waals surface area contributed by atoms with E-state index in [0.717, 1.165) is 11.3 Å². The Labute approximate surface area is 78.2 Å². The van der Waals surface area contributed by atoms with E-state index in [1.165, 1.54) is 0 Å². The van der Waals surface area contributed by atoms with Gasteiger partial charge < -0.3 is 5.73 Å². The summed E-state index contributed by atoms with van der Waals surface area (Å²) < 4.78 is 0. The highest BCUT2D eigenvalue weighted by molar-refractivity contribution is 5.91. The molecule has 0 spiro atoms. The second-order valence-corrected chi connectivity index (χ2v) is 2.87. The number of carbonyl (C=O) groups excluding carboxylic acids is 1. The highest BCUT2D eigenvalue weighted by Gasteiger charge is 2.10. The molecule has 13 heavy (non-hydrogen) atoms. The van der Waals surface area contributed by atoms with E-state index in [9.17, 15) is 4.79 Å². The highest BCUT2D eigenvalue weighted by atomic mass is 16.2. The quantitative estimate of drug-likeness (QED) is 0.738. The third-order valence-corrected chi connectivity index (χ3v) is 1.99. The third kappa shape index (κ3) is 1.99. The number of nitrogens with zero attached hydrogens (tertiary/aromatic N) is 1. The van der Waals surface area contributed by atoms with Gasteiger partial charge in [0.25, 0.3) is 0 Å². The molecule has 2 amide bonds. The molecule has 0 saturated heterocycles. The molecule has 0 aromatic heterocycles. The first-order chi connectivity index (χ1) is 6.16. The Morgan fingerprint density at radius 1 is 1.46 bits per heavy atom. The van der Waals surface area contributed by atoms with Crippen molar-refractivity contribution in [2.75, 3.05) is 11.4 Å². The zero-order chi connectivity index (χ0) is 9.84. The molecule has 0 aliphatic rings. The monoisotopic (exact) mass is 178 g/mol. The van der Waals surface area contributed by atoms with Gasteiger partial charge in [-0.2, -0.15) is 0 Å². The van der Waals surface area contributed by atoms with Gasteiger partial charge in [0.1, 0.15) is 0 Å². The van der Waals surface area contributed by atoms with E-state index < -0.39 is 6.03 Å². The average molecular weight is 178 g/mol. The number of primary amides is 1. The number of aryl methyl sites for hydroxylation is 1. The van der Waals surface area contributed by atoms with Gasteiger partial charge in [-0.25, -0.2) is 4.79 Å². The van der Waals surface area contributed by atoms with Crippen LogP contribution in [0.25, 0.3) is 0 Å². The summed E-state index contributed by atoms with van der Waals surface area (Å²) in [7, 11) is 0. The molecule has 0 heterocycles. The molecular formula is C10H14N2O. The topological polar surface area (TPSA) is 46.3 Å². The molecule has 1 aromatic rings. The van der Waals surface area contributed by atoms with Crippen molar-refractivity contribution >= 4 is 11.7 Å². The van der Waals surface area contributed by atoms with E-state index in [2.05, 4.69) is 0 Å². The first-order valence-electron chi connectivity index (χ1n) is 4.29. The second kappa shape index (κ2) is 3.94. The first-order valence-corrected chi connectivity index (χ1v) is 4.29. The van der Waals surface area contributed by atoms with Gasteiger partial charge in [0, 0.05) is 12.2 Å². The number of hydrogen-bond acceptors (Lipinski definition) is 1. The zero-order valence-electron chi connectivity index (χ0n) is 7.95. The van der Waals surface area contributed by atoms with Crippen molar-refractivity contribution in [3.05, 3.63) is 29.8 Å². The lowest BCUT2D eigenvalue weighted by Crippen LogP contribution is -2.35. The smallest absolute Gasteiger partial charge is 0.319 e. The van der Waals surface area contributed by atoms with Crippen LogP contribution in [0.3, 0.4) is 0 Å². The van der Waals surface area contributed by atoms with Gasteiger partial charge in [-0.05, 0) is 25.5 Å². The van der Waals surface area contributed by atoms with Crippen LogP contribution in [0.4, 0.5) is 10.5 Å². The number of amides is 2. The maximum absolute atomic E-state index is 11.0. The van der Waals surface area contributed by atoms with E-state index in [0.29, 0.717) is 6.54 Å². The van der Waals surface area contributed by atoms with Gasteiger partial charge in [0.2, 0.25) is 0 Å². The molecule has 0 atom stereocenters. The van der Waals surface area contributed by atoms with Crippen molar-refractivity contribution in [3.63, 3.8) is 0 Å². The minimum absolute atomic E-state index is 0.406. The van der Waals surface area contributed by atoms with Gasteiger partial charge >= 0.3 is 6.03 Å². The maximum Gasteiger partial charge on any atom is 0.319 e. The lowest BCUT2D eigenvalue weighted by atomic mass is 10.2. The lowest BCUT2D eigenvalue weighted by Gasteiger charge is -2.20. The second-order valence-electron chi connectivity index (χ2n) is 2.87. The van der Waals surface area contributed by atoms with Gasteiger partial charge in [0.05, 0.1) is 0 Å². The van der Waals surface area contributed by atoms with Crippen molar-refractivity contribution < 1.29 is 4.79 Å². The minimum Gasteiger partial charge on any atom is -0.351 e. The molecule has 1 rings (SSSR count). The number of benzene rings is 1. The van der Waals surface area contributed by atoms with Crippen LogP contribution >= 0.6 is 0 Å². The highest BCUT2D eigenvalue weighted by Crippen LogP contribution is 2.18. The van der Waals surface area contributed by atoms with Gasteiger partial charge in [-0.3, -0.25) is 4.90 Å². The molecule has 2 N–H and O–H groups in total. The summed E-state index contributed by atoms with van der Waals surface area (Å²) in [6.07, 6.45) is 0. The normalized spacial score (nSPS) is 9.69. The lowest BCUT2D eigenvalue weighted by molar-refractivity contribution is 0.254. The molecule has 3 heteroatoms. The fraction of sp³-hybridized carbons (Fsp3) is 0.300. The number of hydrogen-bond donors (Lipinski definition) is 1. The summed E-state index contributed by atoms with van der Waals surface area (Å²) in [6.45, 7) is 4.46. The fourth-order valence-electron chi connectivity index (χ4n) is 1.31. The standard InChI is InChI=1S/C10H14N2O/c1-3-12(10(11)13)9-7-5-4-6-8(9)2/h4-7H,3H2,1-2H3,(H2,11,13). The Morgan fingerprint density at radius 3 is 2.54 bits per heavy atom. The van der Waals surface area contributed by atoms with Crippen molar-refractivity contribution in [2.45, 2.75) is 13.8 Å². The van der Waals surface area contributed by atoms with E-state index in [1.54, 1.807) is 4.90 Å². The van der Waals surface area contributed by atoms with Crippen molar-refractivity contribution in [3.8, 4) is 0 Å². The van der Waals surface area contributed by atoms with Crippen LogP contribution in [0.1, 0.15) is 12.5 Å². The summed E-state index contributed by atoms with van der Waals surface area (Å²) in [5.41, 5.74) is 7.18. The molecule has 0 fully saturated rings. The van der Waals surface area contributed by atoms with Crippen LogP contribution in [-0.2, 0) is 0 Å². The van der Waals surface area contributed by atoms with E-state index in [-0.39, 0.29) is 0 Å². The Balaban J connectivity index is 3.04. The van der Waals surface area contributed by atoms with Crippen LogP contribution in [0, 0.1) is 6.92 Å². The molecule has 0 aliphatic heterocycles. The molecule has 0 aliphatic carbocycles. The molecule has 3 nitrogen and oxygen atoms in total. The largest absolute Gasteiger partial charge is 0.351 e. The number of anilines is 1. The third-order valence-electron chi connectivity index (χ3n) is 1.99. The summed E-state index contributed by atoms with van der Waals surface area (Å²) in [5, 5.41) is 0. The fourth-order valence-corrected chi connectivity index (χ4v) is 1.31. The van der Waals surface area contributed by atoms with E-state index in [4.69, 9.17) is 5.73 Å². The molecule has 70 valence electrons. The number of urea groups is 1. The van der Waals surface area contributed by atoms with Gasteiger partial charge in [-0.15, -0.1) is 0 Å². The minimum atomic E-state index is -0.406. The van der Waals surface area contributed by atoms with Gasteiger partial charge in [0.15, 0.2) is 0 Å². The van der Waals surface area contributed by atoms with E-state index >= 15 is 0 Å². The molecule has 0 saturated carbocycles. The Morgan fingerprint density at radius 2 is 2.08 bits per heavy atom. The average Bonchev–Trinajstić information content (AvgIpc) is 2.09. The number of nitrogens with two attached hydrogens (primary N) is 1. The predicted octanol–water partition coefficient (Wildman–Crippen LogP) is 1.90. The van der Waals surface area contributed by atoms with Crippen LogP contribution in [-0.4, -0.2) is 12.6 Å². The summed E-state index contributed by atoms with van der Waals surface area (Å²) in [5.74, 6) is 0. The first kappa shape index (κ1) is 9.58. The van der Waals surface area contributed by atoms with Gasteiger partial charge in [-0.1, -0.05) is 18.2 Å². The maximum atomic E-state index is 11.0. The zero-order valence-corrected chi connectivity index (χ0v) is 7.95.